The van der Waals surface area contributed by atoms with Gasteiger partial charge in [0.25, 0.3) is 5.91 Å². The van der Waals surface area contributed by atoms with Crippen LogP contribution in [-0.2, 0) is 9.53 Å². The number of carbonyl (C=O) groups is 2. The van der Waals surface area contributed by atoms with Crippen LogP contribution in [0.3, 0.4) is 0 Å². The molecule has 0 fully saturated rings. The minimum absolute atomic E-state index is 0.322. The van der Waals surface area contributed by atoms with E-state index in [-0.39, 0.29) is 12.5 Å². The molecule has 0 atom stereocenters. The molecule has 1 heterocycles. The summed E-state index contributed by atoms with van der Waals surface area (Å²) in [6, 6.07) is 14.5. The quantitative estimate of drug-likeness (QED) is 0.470. The van der Waals surface area contributed by atoms with Crippen LogP contribution in [0.2, 0.25) is 0 Å². The van der Waals surface area contributed by atoms with Gasteiger partial charge >= 0.3 is 5.97 Å². The average molecular weight is 393 g/mol. The van der Waals surface area contributed by atoms with Crippen molar-refractivity contribution in [2.45, 2.75) is 13.8 Å². The number of nitrogens with one attached hydrogen (secondary N) is 1. The zero-order chi connectivity index (χ0) is 20.6. The van der Waals surface area contributed by atoms with Crippen molar-refractivity contribution in [1.82, 2.24) is 15.1 Å². The molecule has 29 heavy (non-hydrogen) atoms. The summed E-state index contributed by atoms with van der Waals surface area (Å²) in [5.74, 6) is -0.149. The van der Waals surface area contributed by atoms with Crippen LogP contribution >= 0.6 is 0 Å². The molecule has 0 radical (unpaired) electrons. The fourth-order valence-electron chi connectivity index (χ4n) is 2.75. The fourth-order valence-corrected chi connectivity index (χ4v) is 2.75. The first kappa shape index (κ1) is 20.1. The van der Waals surface area contributed by atoms with Gasteiger partial charge in [-0.1, -0.05) is 17.7 Å². The third-order valence-corrected chi connectivity index (χ3v) is 4.22. The van der Waals surface area contributed by atoms with Gasteiger partial charge in [-0.15, -0.1) is 0 Å². The standard InChI is InChI=1S/C22H23N3O4/c1-16-4-9-20(17(2)14-16)28-13-11-23-21(26)15-29-22(27)18-5-7-19(8-6-18)25-12-3-10-24-25/h3-10,12,14H,11,13,15H2,1-2H3,(H,23,26). The Kier molecular flexibility index (Phi) is 6.63. The van der Waals surface area contributed by atoms with Gasteiger partial charge in [-0.25, -0.2) is 9.48 Å². The first-order chi connectivity index (χ1) is 14.0. The van der Waals surface area contributed by atoms with E-state index in [4.69, 9.17) is 9.47 Å². The second kappa shape index (κ2) is 9.54. The highest BCUT2D eigenvalue weighted by molar-refractivity contribution is 5.91. The predicted octanol–water partition coefficient (Wildman–Crippen LogP) is 2.84. The van der Waals surface area contributed by atoms with E-state index >= 15 is 0 Å². The van der Waals surface area contributed by atoms with Crippen LogP contribution in [0.5, 0.6) is 5.75 Å². The van der Waals surface area contributed by atoms with Gasteiger partial charge in [0.15, 0.2) is 6.61 Å². The summed E-state index contributed by atoms with van der Waals surface area (Å²) in [4.78, 5) is 23.9. The molecule has 7 heteroatoms. The van der Waals surface area contributed by atoms with Gasteiger partial charge in [0.2, 0.25) is 0 Å². The van der Waals surface area contributed by atoms with Crippen molar-refractivity contribution in [2.75, 3.05) is 19.8 Å². The Balaban J connectivity index is 1.38. The lowest BCUT2D eigenvalue weighted by molar-refractivity contribution is -0.124. The van der Waals surface area contributed by atoms with E-state index < -0.39 is 5.97 Å². The Labute approximate surface area is 169 Å². The molecule has 1 amide bonds. The molecule has 0 spiro atoms. The van der Waals surface area contributed by atoms with Crippen LogP contribution in [0, 0.1) is 13.8 Å². The highest BCUT2D eigenvalue weighted by atomic mass is 16.5. The topological polar surface area (TPSA) is 82.5 Å². The molecule has 150 valence electrons. The Morgan fingerprint density at radius 1 is 1.10 bits per heavy atom. The van der Waals surface area contributed by atoms with E-state index in [1.54, 1.807) is 35.1 Å². The molecule has 3 aromatic rings. The zero-order valence-electron chi connectivity index (χ0n) is 16.4. The summed E-state index contributed by atoms with van der Waals surface area (Å²) in [6.45, 7) is 4.30. The molecular formula is C22H23N3O4. The summed E-state index contributed by atoms with van der Waals surface area (Å²) in [7, 11) is 0. The van der Waals surface area contributed by atoms with Crippen molar-refractivity contribution < 1.29 is 19.1 Å². The van der Waals surface area contributed by atoms with Gasteiger partial charge in [-0.05, 0) is 55.8 Å². The van der Waals surface area contributed by atoms with E-state index in [9.17, 15) is 9.59 Å². The number of rotatable bonds is 8. The highest BCUT2D eigenvalue weighted by Gasteiger charge is 2.10. The number of aromatic nitrogens is 2. The average Bonchev–Trinajstić information content (AvgIpc) is 3.25. The number of hydrogen-bond acceptors (Lipinski definition) is 5. The van der Waals surface area contributed by atoms with Crippen LogP contribution in [-0.4, -0.2) is 41.4 Å². The van der Waals surface area contributed by atoms with E-state index in [1.807, 2.05) is 44.3 Å². The summed E-state index contributed by atoms with van der Waals surface area (Å²) >= 11 is 0. The van der Waals surface area contributed by atoms with Crippen LogP contribution in [0.25, 0.3) is 5.69 Å². The molecule has 1 N–H and O–H groups in total. The van der Waals surface area contributed by atoms with Gasteiger partial charge in [-0.3, -0.25) is 4.79 Å². The number of hydrogen-bond donors (Lipinski definition) is 1. The van der Waals surface area contributed by atoms with E-state index in [2.05, 4.69) is 10.4 Å². The third kappa shape index (κ3) is 5.68. The Hall–Kier alpha value is -3.61. The maximum atomic E-state index is 12.1. The lowest BCUT2D eigenvalue weighted by Gasteiger charge is -2.11. The third-order valence-electron chi connectivity index (χ3n) is 4.22. The molecule has 3 rings (SSSR count). The van der Waals surface area contributed by atoms with E-state index in [0.717, 1.165) is 17.0 Å². The molecule has 0 aliphatic rings. The number of esters is 1. The van der Waals surface area contributed by atoms with Crippen LogP contribution in [0.4, 0.5) is 0 Å². The number of benzene rings is 2. The number of ether oxygens (including phenoxy) is 2. The second-order valence-corrected chi connectivity index (χ2v) is 6.54. The monoisotopic (exact) mass is 393 g/mol. The van der Waals surface area contributed by atoms with Gasteiger partial charge in [0.1, 0.15) is 12.4 Å². The number of amides is 1. The molecule has 0 saturated carbocycles. The first-order valence-electron chi connectivity index (χ1n) is 9.27. The van der Waals surface area contributed by atoms with E-state index in [0.29, 0.717) is 18.7 Å². The van der Waals surface area contributed by atoms with Crippen molar-refractivity contribution in [2.24, 2.45) is 0 Å². The number of nitrogens with zero attached hydrogens (tertiary/aromatic N) is 2. The molecule has 1 aromatic heterocycles. The van der Waals surface area contributed by atoms with Crippen molar-refractivity contribution in [1.29, 1.82) is 0 Å². The van der Waals surface area contributed by atoms with Crippen LogP contribution in [0.15, 0.2) is 60.9 Å². The largest absolute Gasteiger partial charge is 0.491 e. The number of carbonyl (C=O) groups excluding carboxylic acids is 2. The molecule has 0 aliphatic carbocycles. The molecule has 0 unspecified atom stereocenters. The Bertz CT molecular complexity index is 966. The van der Waals surface area contributed by atoms with Crippen molar-refractivity contribution in [3.63, 3.8) is 0 Å². The minimum Gasteiger partial charge on any atom is -0.491 e. The summed E-state index contributed by atoms with van der Waals surface area (Å²) in [5, 5.41) is 6.79. The molecule has 0 saturated heterocycles. The number of aryl methyl sites for hydroxylation is 2. The summed E-state index contributed by atoms with van der Waals surface area (Å²) in [5.41, 5.74) is 3.41. The maximum Gasteiger partial charge on any atom is 0.338 e. The molecule has 7 nitrogen and oxygen atoms in total. The summed E-state index contributed by atoms with van der Waals surface area (Å²) in [6.07, 6.45) is 3.48. The summed E-state index contributed by atoms with van der Waals surface area (Å²) < 4.78 is 12.4. The first-order valence-corrected chi connectivity index (χ1v) is 9.27. The predicted molar refractivity (Wildman–Crippen MR) is 108 cm³/mol. The van der Waals surface area contributed by atoms with Crippen LogP contribution in [0.1, 0.15) is 21.5 Å². The molecular weight excluding hydrogens is 370 g/mol. The smallest absolute Gasteiger partial charge is 0.338 e. The minimum atomic E-state index is -0.557. The second-order valence-electron chi connectivity index (χ2n) is 6.54. The maximum absolute atomic E-state index is 12.1. The van der Waals surface area contributed by atoms with Crippen LogP contribution < -0.4 is 10.1 Å². The van der Waals surface area contributed by atoms with Crippen molar-refractivity contribution in [3.05, 3.63) is 77.6 Å². The Morgan fingerprint density at radius 3 is 2.59 bits per heavy atom. The Morgan fingerprint density at radius 2 is 1.90 bits per heavy atom. The van der Waals surface area contributed by atoms with Gasteiger partial charge in [-0.2, -0.15) is 5.10 Å². The van der Waals surface area contributed by atoms with Crippen molar-refractivity contribution in [3.8, 4) is 11.4 Å². The zero-order valence-corrected chi connectivity index (χ0v) is 16.4. The van der Waals surface area contributed by atoms with Gasteiger partial charge in [0, 0.05) is 12.4 Å². The lowest BCUT2D eigenvalue weighted by Crippen LogP contribution is -2.32. The fraction of sp³-hybridized carbons (Fsp3) is 0.227. The SMILES string of the molecule is Cc1ccc(OCCNC(=O)COC(=O)c2ccc(-n3cccn3)cc2)c(C)c1. The molecule has 2 aromatic carbocycles. The highest BCUT2D eigenvalue weighted by Crippen LogP contribution is 2.18. The van der Waals surface area contributed by atoms with Gasteiger partial charge in [0.05, 0.1) is 17.8 Å². The lowest BCUT2D eigenvalue weighted by atomic mass is 10.1. The molecule has 0 bridgehead atoms. The normalized spacial score (nSPS) is 10.4. The van der Waals surface area contributed by atoms with Gasteiger partial charge < -0.3 is 14.8 Å². The van der Waals surface area contributed by atoms with E-state index in [1.165, 1.54) is 5.56 Å². The molecule has 0 aliphatic heterocycles. The van der Waals surface area contributed by atoms with Crippen molar-refractivity contribution >= 4 is 11.9 Å².